The Hall–Kier alpha value is -3.17. The summed E-state index contributed by atoms with van der Waals surface area (Å²) in [5, 5.41) is 22.2. The Morgan fingerprint density at radius 3 is 2.60 bits per heavy atom. The molecule has 10 heteroatoms. The van der Waals surface area contributed by atoms with Crippen LogP contribution in [0.15, 0.2) is 18.3 Å². The molecule has 25 heavy (non-hydrogen) atoms. The van der Waals surface area contributed by atoms with Gasteiger partial charge in [-0.05, 0) is 19.1 Å². The van der Waals surface area contributed by atoms with Crippen molar-refractivity contribution in [2.75, 3.05) is 13.1 Å². The lowest BCUT2D eigenvalue weighted by molar-refractivity contribution is -0.121. The van der Waals surface area contributed by atoms with E-state index in [1.165, 1.54) is 16.9 Å². The van der Waals surface area contributed by atoms with Crippen LogP contribution in [0.3, 0.4) is 0 Å². The lowest BCUT2D eigenvalue weighted by atomic mass is 10.3. The van der Waals surface area contributed by atoms with Crippen LogP contribution >= 0.6 is 0 Å². The van der Waals surface area contributed by atoms with Gasteiger partial charge in [0.2, 0.25) is 5.91 Å². The highest BCUT2D eigenvalue weighted by Crippen LogP contribution is 2.01. The van der Waals surface area contributed by atoms with Crippen LogP contribution in [0.5, 0.6) is 0 Å². The van der Waals surface area contributed by atoms with Crippen molar-refractivity contribution in [2.24, 2.45) is 7.05 Å². The molecular formula is C15H20N6O4. The first-order chi connectivity index (χ1) is 11.9. The van der Waals surface area contributed by atoms with Gasteiger partial charge in [0.1, 0.15) is 11.4 Å². The number of nitrogens with one attached hydrogen (secondary N) is 2. The molecule has 0 aliphatic rings. The smallest absolute Gasteiger partial charge is 0.354 e. The normalized spacial score (nSPS) is 10.5. The van der Waals surface area contributed by atoms with Crippen molar-refractivity contribution in [1.29, 1.82) is 0 Å². The summed E-state index contributed by atoms with van der Waals surface area (Å²) in [6, 6.07) is 3.05. The standard InChI is InChI=1S/C15H20N6O4/c1-10-9-11(19-20(10)2)14(23)17-7-6-16-13(22)4-8-21-12(15(24)25)3-5-18-21/h3,5,9H,4,6-8H2,1-2H3,(H,16,22)(H,17,23)(H,24,25). The van der Waals surface area contributed by atoms with E-state index >= 15 is 0 Å². The van der Waals surface area contributed by atoms with Crippen molar-refractivity contribution in [3.05, 3.63) is 35.4 Å². The number of nitrogens with zero attached hydrogens (tertiary/aromatic N) is 4. The number of rotatable bonds is 8. The van der Waals surface area contributed by atoms with Crippen LogP contribution in [-0.4, -0.2) is 55.5 Å². The second-order valence-corrected chi connectivity index (χ2v) is 5.40. The number of carboxylic acids is 1. The summed E-state index contributed by atoms with van der Waals surface area (Å²) in [6.45, 7) is 2.54. The third-order valence-corrected chi connectivity index (χ3v) is 3.57. The molecule has 0 fully saturated rings. The number of carbonyl (C=O) groups excluding carboxylic acids is 2. The maximum atomic E-state index is 11.9. The zero-order chi connectivity index (χ0) is 18.4. The van der Waals surface area contributed by atoms with Gasteiger partial charge in [-0.3, -0.25) is 19.0 Å². The second kappa shape index (κ2) is 8.08. The molecule has 2 aromatic rings. The molecule has 2 rings (SSSR count). The fourth-order valence-corrected chi connectivity index (χ4v) is 2.13. The minimum atomic E-state index is -1.09. The van der Waals surface area contributed by atoms with Crippen molar-refractivity contribution in [2.45, 2.75) is 19.9 Å². The molecule has 2 amide bonds. The van der Waals surface area contributed by atoms with E-state index in [1.54, 1.807) is 17.8 Å². The van der Waals surface area contributed by atoms with Crippen LogP contribution in [-0.2, 0) is 18.4 Å². The van der Waals surface area contributed by atoms with E-state index < -0.39 is 5.97 Å². The molecule has 0 aliphatic carbocycles. The summed E-state index contributed by atoms with van der Waals surface area (Å²) in [6.07, 6.45) is 1.46. The average molecular weight is 348 g/mol. The van der Waals surface area contributed by atoms with Gasteiger partial charge in [0.05, 0.1) is 6.54 Å². The van der Waals surface area contributed by atoms with Gasteiger partial charge in [-0.2, -0.15) is 10.2 Å². The predicted octanol–water partition coefficient (Wildman–Crippen LogP) is -0.440. The van der Waals surface area contributed by atoms with E-state index in [1.807, 2.05) is 6.92 Å². The van der Waals surface area contributed by atoms with Crippen molar-refractivity contribution in [3.8, 4) is 0 Å². The number of carboxylic acid groups (broad SMARTS) is 1. The van der Waals surface area contributed by atoms with Crippen LogP contribution in [0.4, 0.5) is 0 Å². The number of amides is 2. The molecule has 10 nitrogen and oxygen atoms in total. The number of carbonyl (C=O) groups is 3. The summed E-state index contributed by atoms with van der Waals surface area (Å²) >= 11 is 0. The monoisotopic (exact) mass is 348 g/mol. The minimum absolute atomic E-state index is 0.0331. The average Bonchev–Trinajstić information content (AvgIpc) is 3.16. The van der Waals surface area contributed by atoms with E-state index in [2.05, 4.69) is 20.8 Å². The zero-order valence-electron chi connectivity index (χ0n) is 14.0. The lowest BCUT2D eigenvalue weighted by Crippen LogP contribution is -2.35. The Balaban J connectivity index is 1.67. The summed E-state index contributed by atoms with van der Waals surface area (Å²) in [7, 11) is 1.75. The van der Waals surface area contributed by atoms with Crippen LogP contribution in [0.25, 0.3) is 0 Å². The van der Waals surface area contributed by atoms with Crippen LogP contribution < -0.4 is 10.6 Å². The van der Waals surface area contributed by atoms with Gasteiger partial charge in [0, 0.05) is 38.4 Å². The molecule has 0 spiro atoms. The third-order valence-electron chi connectivity index (χ3n) is 3.57. The SMILES string of the molecule is Cc1cc(C(=O)NCCNC(=O)CCn2nccc2C(=O)O)nn1C. The number of hydrogen-bond donors (Lipinski definition) is 3. The van der Waals surface area contributed by atoms with Crippen molar-refractivity contribution < 1.29 is 19.5 Å². The number of hydrogen-bond acceptors (Lipinski definition) is 5. The molecule has 0 atom stereocenters. The number of aryl methyl sites for hydroxylation is 3. The topological polar surface area (TPSA) is 131 Å². The highest BCUT2D eigenvalue weighted by molar-refractivity contribution is 5.92. The molecule has 0 bridgehead atoms. The molecule has 0 aliphatic heterocycles. The molecule has 134 valence electrons. The molecule has 0 saturated heterocycles. The van der Waals surface area contributed by atoms with Crippen LogP contribution in [0.2, 0.25) is 0 Å². The molecule has 0 radical (unpaired) electrons. The maximum Gasteiger partial charge on any atom is 0.354 e. The Morgan fingerprint density at radius 2 is 1.96 bits per heavy atom. The van der Waals surface area contributed by atoms with E-state index in [-0.39, 0.29) is 43.6 Å². The summed E-state index contributed by atoms with van der Waals surface area (Å²) < 4.78 is 2.87. The molecule has 2 heterocycles. The Labute approximate surface area is 143 Å². The van der Waals surface area contributed by atoms with Gasteiger partial charge in [0.15, 0.2) is 0 Å². The Kier molecular flexibility index (Phi) is 5.88. The first-order valence-corrected chi connectivity index (χ1v) is 7.69. The Morgan fingerprint density at radius 1 is 1.24 bits per heavy atom. The van der Waals surface area contributed by atoms with Gasteiger partial charge in [0.25, 0.3) is 5.91 Å². The first kappa shape index (κ1) is 18.2. The predicted molar refractivity (Wildman–Crippen MR) is 87.1 cm³/mol. The van der Waals surface area contributed by atoms with Crippen molar-refractivity contribution >= 4 is 17.8 Å². The quantitative estimate of drug-likeness (QED) is 0.554. The molecule has 3 N–H and O–H groups in total. The Bertz CT molecular complexity index is 759. The summed E-state index contributed by atoms with van der Waals surface area (Å²) in [5.41, 5.74) is 1.23. The van der Waals surface area contributed by atoms with E-state index in [4.69, 9.17) is 5.11 Å². The van der Waals surface area contributed by atoms with Crippen LogP contribution in [0, 0.1) is 6.92 Å². The van der Waals surface area contributed by atoms with Gasteiger partial charge in [-0.15, -0.1) is 0 Å². The van der Waals surface area contributed by atoms with Crippen molar-refractivity contribution in [3.63, 3.8) is 0 Å². The number of aromatic nitrogens is 4. The van der Waals surface area contributed by atoms with Gasteiger partial charge in [-0.1, -0.05) is 0 Å². The first-order valence-electron chi connectivity index (χ1n) is 7.69. The molecule has 0 saturated carbocycles. The van der Waals surface area contributed by atoms with Gasteiger partial charge in [-0.25, -0.2) is 4.79 Å². The van der Waals surface area contributed by atoms with Gasteiger partial charge >= 0.3 is 5.97 Å². The summed E-state index contributed by atoms with van der Waals surface area (Å²) in [4.78, 5) is 34.6. The second-order valence-electron chi connectivity index (χ2n) is 5.40. The van der Waals surface area contributed by atoms with E-state index in [9.17, 15) is 14.4 Å². The maximum absolute atomic E-state index is 11.9. The fraction of sp³-hybridized carbons (Fsp3) is 0.400. The third kappa shape index (κ3) is 4.90. The zero-order valence-corrected chi connectivity index (χ0v) is 14.0. The number of aromatic carboxylic acids is 1. The van der Waals surface area contributed by atoms with Gasteiger partial charge < -0.3 is 15.7 Å². The highest BCUT2D eigenvalue weighted by atomic mass is 16.4. The largest absolute Gasteiger partial charge is 0.477 e. The highest BCUT2D eigenvalue weighted by Gasteiger charge is 2.12. The van der Waals surface area contributed by atoms with Crippen molar-refractivity contribution in [1.82, 2.24) is 30.2 Å². The summed E-state index contributed by atoms with van der Waals surface area (Å²) in [5.74, 6) is -1.65. The lowest BCUT2D eigenvalue weighted by Gasteiger charge is -2.07. The van der Waals surface area contributed by atoms with E-state index in [0.29, 0.717) is 5.69 Å². The molecule has 0 unspecified atom stereocenters. The fourth-order valence-electron chi connectivity index (χ4n) is 2.13. The molecule has 2 aromatic heterocycles. The minimum Gasteiger partial charge on any atom is -0.477 e. The molecule has 0 aromatic carbocycles. The van der Waals surface area contributed by atoms with Crippen LogP contribution in [0.1, 0.15) is 33.1 Å². The van der Waals surface area contributed by atoms with E-state index in [0.717, 1.165) is 5.69 Å². The molecular weight excluding hydrogens is 328 g/mol.